The van der Waals surface area contributed by atoms with Crippen LogP contribution in [0.1, 0.15) is 28.1 Å². The van der Waals surface area contributed by atoms with E-state index < -0.39 is 0 Å². The van der Waals surface area contributed by atoms with Crippen LogP contribution in [0.15, 0.2) is 60.2 Å². The number of amides is 2. The maximum Gasteiger partial charge on any atom is 0.254 e. The summed E-state index contributed by atoms with van der Waals surface area (Å²) in [6.45, 7) is 1.27. The number of hydrogen-bond donors (Lipinski definition) is 1. The Morgan fingerprint density at radius 2 is 1.91 bits per heavy atom. The first-order chi connectivity index (χ1) is 16.6. The Labute approximate surface area is 206 Å². The SMILES string of the molecule is Cn1cc(C(=O)NC2CCN(C(=O)Cc3sc(-c4ccccc4)nc3-c3cccs3)CC2)cn1. The van der Waals surface area contributed by atoms with Crippen LogP contribution in [0.25, 0.3) is 21.1 Å². The van der Waals surface area contributed by atoms with Gasteiger partial charge in [0.2, 0.25) is 5.91 Å². The Morgan fingerprint density at radius 3 is 2.59 bits per heavy atom. The van der Waals surface area contributed by atoms with E-state index in [0.29, 0.717) is 25.1 Å². The highest BCUT2D eigenvalue weighted by atomic mass is 32.1. The van der Waals surface area contributed by atoms with E-state index in [2.05, 4.69) is 16.5 Å². The normalized spacial score (nSPS) is 14.3. The molecule has 5 rings (SSSR count). The van der Waals surface area contributed by atoms with Crippen molar-refractivity contribution in [2.75, 3.05) is 13.1 Å². The monoisotopic (exact) mass is 491 g/mol. The number of carbonyl (C=O) groups excluding carboxylic acids is 2. The van der Waals surface area contributed by atoms with Crippen molar-refractivity contribution in [2.45, 2.75) is 25.3 Å². The molecule has 174 valence electrons. The molecule has 34 heavy (non-hydrogen) atoms. The van der Waals surface area contributed by atoms with Crippen LogP contribution in [0.5, 0.6) is 0 Å². The van der Waals surface area contributed by atoms with Gasteiger partial charge in [-0.2, -0.15) is 5.10 Å². The van der Waals surface area contributed by atoms with Crippen LogP contribution < -0.4 is 5.32 Å². The zero-order chi connectivity index (χ0) is 23.5. The third kappa shape index (κ3) is 4.95. The predicted octanol–water partition coefficient (Wildman–Crippen LogP) is 4.24. The summed E-state index contributed by atoms with van der Waals surface area (Å²) in [5.74, 6) is -0.00493. The fourth-order valence-corrected chi connectivity index (χ4v) is 5.99. The fraction of sp³-hybridized carbons (Fsp3) is 0.280. The number of piperidine rings is 1. The van der Waals surface area contributed by atoms with Crippen molar-refractivity contribution < 1.29 is 9.59 Å². The van der Waals surface area contributed by atoms with Crippen LogP contribution in [0, 0.1) is 0 Å². The van der Waals surface area contributed by atoms with E-state index in [-0.39, 0.29) is 17.9 Å². The van der Waals surface area contributed by atoms with E-state index in [1.165, 1.54) is 0 Å². The Morgan fingerprint density at radius 1 is 1.12 bits per heavy atom. The topological polar surface area (TPSA) is 80.1 Å². The number of thiazole rings is 1. The summed E-state index contributed by atoms with van der Waals surface area (Å²) in [7, 11) is 1.79. The van der Waals surface area contributed by atoms with E-state index >= 15 is 0 Å². The molecule has 0 spiro atoms. The van der Waals surface area contributed by atoms with Crippen molar-refractivity contribution in [1.82, 2.24) is 25.0 Å². The molecule has 3 aromatic heterocycles. The van der Waals surface area contributed by atoms with Gasteiger partial charge >= 0.3 is 0 Å². The van der Waals surface area contributed by atoms with Crippen LogP contribution in [0.4, 0.5) is 0 Å². The van der Waals surface area contributed by atoms with E-state index in [1.807, 2.05) is 46.7 Å². The van der Waals surface area contributed by atoms with Gasteiger partial charge in [-0.1, -0.05) is 36.4 Å². The number of rotatable bonds is 6. The van der Waals surface area contributed by atoms with Gasteiger partial charge in [-0.25, -0.2) is 4.98 Å². The van der Waals surface area contributed by atoms with Gasteiger partial charge in [0, 0.05) is 42.8 Å². The molecular formula is C25H25N5O2S2. The largest absolute Gasteiger partial charge is 0.349 e. The van der Waals surface area contributed by atoms with Crippen LogP contribution in [-0.4, -0.2) is 50.6 Å². The number of thiophene rings is 1. The van der Waals surface area contributed by atoms with E-state index in [4.69, 9.17) is 4.98 Å². The molecule has 0 saturated carbocycles. The van der Waals surface area contributed by atoms with Crippen molar-refractivity contribution in [3.8, 4) is 21.1 Å². The van der Waals surface area contributed by atoms with Crippen molar-refractivity contribution in [1.29, 1.82) is 0 Å². The van der Waals surface area contributed by atoms with Gasteiger partial charge in [-0.05, 0) is 24.3 Å². The molecule has 0 radical (unpaired) electrons. The molecule has 0 unspecified atom stereocenters. The minimum absolute atomic E-state index is 0.0616. The maximum atomic E-state index is 13.2. The molecule has 2 amide bonds. The summed E-state index contributed by atoms with van der Waals surface area (Å²) in [4.78, 5) is 34.5. The van der Waals surface area contributed by atoms with Gasteiger partial charge in [0.15, 0.2) is 0 Å². The van der Waals surface area contributed by atoms with Crippen molar-refractivity contribution >= 4 is 34.5 Å². The van der Waals surface area contributed by atoms with Crippen molar-refractivity contribution in [2.24, 2.45) is 7.05 Å². The molecule has 9 heteroatoms. The Balaban J connectivity index is 1.24. The second-order valence-electron chi connectivity index (χ2n) is 8.34. The molecule has 1 aromatic carbocycles. The third-order valence-electron chi connectivity index (χ3n) is 5.93. The maximum absolute atomic E-state index is 13.2. The lowest BCUT2D eigenvalue weighted by molar-refractivity contribution is -0.131. The molecule has 7 nitrogen and oxygen atoms in total. The molecular weight excluding hydrogens is 466 g/mol. The molecule has 1 aliphatic rings. The molecule has 1 saturated heterocycles. The summed E-state index contributed by atoms with van der Waals surface area (Å²) >= 11 is 3.23. The number of aryl methyl sites for hydroxylation is 1. The Hall–Kier alpha value is -3.30. The summed E-state index contributed by atoms with van der Waals surface area (Å²) in [5.41, 5.74) is 2.53. The summed E-state index contributed by atoms with van der Waals surface area (Å²) < 4.78 is 1.61. The van der Waals surface area contributed by atoms with Crippen molar-refractivity contribution in [3.05, 3.63) is 70.7 Å². The van der Waals surface area contributed by atoms with Crippen LogP contribution in [0.2, 0.25) is 0 Å². The standard InChI is InChI=1S/C25H25N5O2S2/c1-29-16-18(15-26-29)24(32)27-19-9-11-30(12-10-19)22(31)14-21-23(20-8-5-13-33-20)28-25(34-21)17-6-3-2-4-7-17/h2-8,13,15-16,19H,9-12,14H2,1H3,(H,27,32). The predicted molar refractivity (Wildman–Crippen MR) is 135 cm³/mol. The lowest BCUT2D eigenvalue weighted by atomic mass is 10.0. The van der Waals surface area contributed by atoms with Gasteiger partial charge in [0.25, 0.3) is 5.91 Å². The van der Waals surface area contributed by atoms with Crippen LogP contribution in [-0.2, 0) is 18.3 Å². The lowest BCUT2D eigenvalue weighted by Gasteiger charge is -2.32. The van der Waals surface area contributed by atoms with Crippen LogP contribution >= 0.6 is 22.7 Å². The average molecular weight is 492 g/mol. The smallest absolute Gasteiger partial charge is 0.254 e. The first-order valence-corrected chi connectivity index (χ1v) is 12.9. The number of benzene rings is 1. The van der Waals surface area contributed by atoms with Gasteiger partial charge in [0.1, 0.15) is 5.01 Å². The zero-order valence-electron chi connectivity index (χ0n) is 18.8. The van der Waals surface area contributed by atoms with Gasteiger partial charge in [0.05, 0.1) is 28.8 Å². The Kier molecular flexibility index (Phi) is 6.55. The first-order valence-electron chi connectivity index (χ1n) is 11.2. The van der Waals surface area contributed by atoms with E-state index in [0.717, 1.165) is 38.9 Å². The quantitative estimate of drug-likeness (QED) is 0.438. The van der Waals surface area contributed by atoms with Gasteiger partial charge in [-0.15, -0.1) is 22.7 Å². The highest BCUT2D eigenvalue weighted by Crippen LogP contribution is 2.36. The highest BCUT2D eigenvalue weighted by Gasteiger charge is 2.26. The number of aromatic nitrogens is 3. The number of nitrogens with zero attached hydrogens (tertiary/aromatic N) is 4. The third-order valence-corrected chi connectivity index (χ3v) is 7.92. The molecule has 0 aliphatic carbocycles. The summed E-state index contributed by atoms with van der Waals surface area (Å²) in [6, 6.07) is 14.2. The lowest BCUT2D eigenvalue weighted by Crippen LogP contribution is -2.46. The summed E-state index contributed by atoms with van der Waals surface area (Å²) in [6.07, 6.45) is 5.10. The number of hydrogen-bond acceptors (Lipinski definition) is 6. The minimum atomic E-state index is -0.114. The molecule has 0 atom stereocenters. The van der Waals surface area contributed by atoms with Gasteiger partial charge in [-0.3, -0.25) is 14.3 Å². The molecule has 1 aliphatic heterocycles. The summed E-state index contributed by atoms with van der Waals surface area (Å²) in [5, 5.41) is 10.1. The molecule has 1 N–H and O–H groups in total. The second-order valence-corrected chi connectivity index (χ2v) is 10.4. The first kappa shape index (κ1) is 22.5. The Bertz CT molecular complexity index is 1270. The second kappa shape index (κ2) is 9.90. The molecule has 1 fully saturated rings. The minimum Gasteiger partial charge on any atom is -0.349 e. The van der Waals surface area contributed by atoms with E-state index in [1.54, 1.807) is 46.8 Å². The van der Waals surface area contributed by atoms with Crippen LogP contribution in [0.3, 0.4) is 0 Å². The number of carbonyl (C=O) groups is 2. The van der Waals surface area contributed by atoms with E-state index in [9.17, 15) is 9.59 Å². The molecule has 4 heterocycles. The van der Waals surface area contributed by atoms with Gasteiger partial charge < -0.3 is 10.2 Å². The fourth-order valence-electron chi connectivity index (χ4n) is 4.11. The highest BCUT2D eigenvalue weighted by molar-refractivity contribution is 7.17. The average Bonchev–Trinajstić information content (AvgIpc) is 3.61. The zero-order valence-corrected chi connectivity index (χ0v) is 20.4. The molecule has 4 aromatic rings. The number of likely N-dealkylation sites (tertiary alicyclic amines) is 1. The number of nitrogens with one attached hydrogen (secondary N) is 1. The van der Waals surface area contributed by atoms with Crippen molar-refractivity contribution in [3.63, 3.8) is 0 Å². The molecule has 0 bridgehead atoms.